The van der Waals surface area contributed by atoms with E-state index in [1.54, 1.807) is 54.6 Å². The van der Waals surface area contributed by atoms with E-state index in [1.165, 1.54) is 23.8 Å². The maximum Gasteiger partial charge on any atom is 0.337 e. The molecule has 1 heterocycles. The molecule has 0 saturated carbocycles. The first-order valence-electron chi connectivity index (χ1n) is 10.1. The zero-order chi connectivity index (χ0) is 24.7. The molecule has 3 amide bonds. The van der Waals surface area contributed by atoms with Gasteiger partial charge in [0.15, 0.2) is 0 Å². The fraction of sp³-hybridized carbons (Fsp3) is 0.174. The van der Waals surface area contributed by atoms with Crippen molar-refractivity contribution in [3.63, 3.8) is 0 Å². The number of benzene rings is 2. The van der Waals surface area contributed by atoms with Gasteiger partial charge < -0.3 is 4.74 Å². The first kappa shape index (κ1) is 25.6. The smallest absolute Gasteiger partial charge is 0.337 e. The predicted octanol–water partition coefficient (Wildman–Crippen LogP) is 3.68. The number of hydrazine groups is 1. The zero-order valence-electron chi connectivity index (χ0n) is 18.0. The van der Waals surface area contributed by atoms with Crippen molar-refractivity contribution >= 4 is 74.0 Å². The van der Waals surface area contributed by atoms with Gasteiger partial charge in [0.05, 0.1) is 23.1 Å². The average molecular weight is 562 g/mol. The molecular formula is C23H20BrN3O5S2. The number of nitrogens with zero attached hydrogens (tertiary/aromatic N) is 1. The lowest BCUT2D eigenvalue weighted by molar-refractivity contribution is -0.124. The standard InChI is InChI=1S/C23H20BrN3O5S2/c1-32-22(31)15-10-8-14(9-11-15)13-18-21(30)27(23(33)34-18)12-4-7-19(28)25-26-20(29)16-5-2-3-6-17(16)24/h2-3,5-6,8-11,13H,4,7,12H2,1H3,(H,25,28)(H,26,29)/b18-13-. The Balaban J connectivity index is 1.48. The van der Waals surface area contributed by atoms with Gasteiger partial charge in [0.1, 0.15) is 4.32 Å². The second-order valence-corrected chi connectivity index (χ2v) is 9.56. The third-order valence-electron chi connectivity index (χ3n) is 4.72. The molecule has 0 unspecified atom stereocenters. The van der Waals surface area contributed by atoms with Gasteiger partial charge in [-0.1, -0.05) is 48.2 Å². The molecule has 1 aliphatic rings. The number of methoxy groups -OCH3 is 1. The number of nitrogens with one attached hydrogen (secondary N) is 2. The average Bonchev–Trinajstić information content (AvgIpc) is 3.10. The number of carbonyl (C=O) groups is 4. The zero-order valence-corrected chi connectivity index (χ0v) is 21.2. The van der Waals surface area contributed by atoms with Crippen molar-refractivity contribution in [1.82, 2.24) is 15.8 Å². The molecule has 3 rings (SSSR count). The summed E-state index contributed by atoms with van der Waals surface area (Å²) in [4.78, 5) is 50.4. The summed E-state index contributed by atoms with van der Waals surface area (Å²) in [5.41, 5.74) is 6.29. The molecule has 176 valence electrons. The van der Waals surface area contributed by atoms with Crippen LogP contribution in [-0.4, -0.2) is 46.6 Å². The minimum atomic E-state index is -0.442. The van der Waals surface area contributed by atoms with Crippen LogP contribution in [-0.2, 0) is 14.3 Å². The Hall–Kier alpha value is -3.02. The van der Waals surface area contributed by atoms with Crippen LogP contribution in [0, 0.1) is 0 Å². The normalized spacial score (nSPS) is 14.3. The van der Waals surface area contributed by atoms with Gasteiger partial charge in [-0.2, -0.15) is 0 Å². The number of thioether (sulfide) groups is 1. The van der Waals surface area contributed by atoms with E-state index in [0.717, 1.165) is 5.56 Å². The van der Waals surface area contributed by atoms with Crippen LogP contribution in [0.5, 0.6) is 0 Å². The second-order valence-electron chi connectivity index (χ2n) is 7.03. The van der Waals surface area contributed by atoms with Crippen LogP contribution in [0.4, 0.5) is 0 Å². The molecule has 0 spiro atoms. The first-order chi connectivity index (χ1) is 16.3. The Kier molecular flexibility index (Phi) is 8.97. The highest BCUT2D eigenvalue weighted by Crippen LogP contribution is 2.32. The summed E-state index contributed by atoms with van der Waals surface area (Å²) in [7, 11) is 1.31. The highest BCUT2D eigenvalue weighted by atomic mass is 79.9. The first-order valence-corrected chi connectivity index (χ1v) is 12.1. The topological polar surface area (TPSA) is 105 Å². The van der Waals surface area contributed by atoms with Crippen LogP contribution in [0.25, 0.3) is 6.08 Å². The third-order valence-corrected chi connectivity index (χ3v) is 6.79. The Labute approximate surface area is 214 Å². The summed E-state index contributed by atoms with van der Waals surface area (Å²) in [6.45, 7) is 0.273. The monoisotopic (exact) mass is 561 g/mol. The summed E-state index contributed by atoms with van der Waals surface area (Å²) < 4.78 is 5.70. The molecule has 0 aromatic heterocycles. The van der Waals surface area contributed by atoms with Crippen molar-refractivity contribution in [2.24, 2.45) is 0 Å². The van der Waals surface area contributed by atoms with Crippen molar-refractivity contribution in [1.29, 1.82) is 0 Å². The molecule has 0 radical (unpaired) electrons. The molecule has 0 aliphatic carbocycles. The molecule has 8 nitrogen and oxygen atoms in total. The maximum absolute atomic E-state index is 12.7. The quantitative estimate of drug-likeness (QED) is 0.230. The molecular weight excluding hydrogens is 542 g/mol. The number of halogens is 1. The largest absolute Gasteiger partial charge is 0.465 e. The number of carbonyl (C=O) groups excluding carboxylic acids is 4. The molecule has 2 aromatic carbocycles. The van der Waals surface area contributed by atoms with Gasteiger partial charge >= 0.3 is 5.97 Å². The lowest BCUT2D eigenvalue weighted by atomic mass is 10.1. The van der Waals surface area contributed by atoms with Crippen LogP contribution in [0.15, 0.2) is 57.9 Å². The number of ether oxygens (including phenoxy) is 1. The van der Waals surface area contributed by atoms with E-state index in [9.17, 15) is 19.2 Å². The second kappa shape index (κ2) is 11.9. The lowest BCUT2D eigenvalue weighted by Gasteiger charge is -2.14. The van der Waals surface area contributed by atoms with Crippen LogP contribution < -0.4 is 10.9 Å². The highest BCUT2D eigenvalue weighted by molar-refractivity contribution is 9.10. The number of esters is 1. The summed E-state index contributed by atoms with van der Waals surface area (Å²) in [6.07, 6.45) is 2.16. The minimum absolute atomic E-state index is 0.0985. The van der Waals surface area contributed by atoms with Gasteiger partial charge in [-0.15, -0.1) is 0 Å². The number of thiocarbonyl (C=S) groups is 1. The SMILES string of the molecule is COC(=O)c1ccc(/C=C2\SC(=S)N(CCCC(=O)NNC(=O)c3ccccc3Br)C2=O)cc1. The van der Waals surface area contributed by atoms with Crippen molar-refractivity contribution in [2.75, 3.05) is 13.7 Å². The van der Waals surface area contributed by atoms with Gasteiger partial charge in [-0.3, -0.25) is 30.1 Å². The molecule has 34 heavy (non-hydrogen) atoms. The molecule has 1 fully saturated rings. The Morgan fingerprint density at radius 2 is 1.82 bits per heavy atom. The fourth-order valence-electron chi connectivity index (χ4n) is 2.98. The molecule has 0 bridgehead atoms. The Bertz CT molecular complexity index is 1170. The lowest BCUT2D eigenvalue weighted by Crippen LogP contribution is -2.42. The van der Waals surface area contributed by atoms with Gasteiger partial charge in [0.2, 0.25) is 5.91 Å². The van der Waals surface area contributed by atoms with Crippen LogP contribution in [0.3, 0.4) is 0 Å². The van der Waals surface area contributed by atoms with Gasteiger partial charge in [0, 0.05) is 17.4 Å². The van der Waals surface area contributed by atoms with E-state index >= 15 is 0 Å². The van der Waals surface area contributed by atoms with E-state index in [4.69, 9.17) is 12.2 Å². The third kappa shape index (κ3) is 6.52. The number of amides is 3. The minimum Gasteiger partial charge on any atom is -0.465 e. The number of hydrogen-bond donors (Lipinski definition) is 2. The van der Waals surface area contributed by atoms with Crippen LogP contribution in [0.2, 0.25) is 0 Å². The molecule has 0 atom stereocenters. The highest BCUT2D eigenvalue weighted by Gasteiger charge is 2.31. The fourth-order valence-corrected chi connectivity index (χ4v) is 4.75. The van der Waals surface area contributed by atoms with Gasteiger partial charge in [0.25, 0.3) is 11.8 Å². The molecule has 2 N–H and O–H groups in total. The van der Waals surface area contributed by atoms with Crippen LogP contribution in [0.1, 0.15) is 39.1 Å². The van der Waals surface area contributed by atoms with E-state index in [1.807, 2.05) is 0 Å². The van der Waals surface area contributed by atoms with E-state index in [2.05, 4.69) is 31.5 Å². The van der Waals surface area contributed by atoms with E-state index in [0.29, 0.717) is 31.2 Å². The molecule has 11 heteroatoms. The summed E-state index contributed by atoms with van der Waals surface area (Å²) in [5, 5.41) is 0. The van der Waals surface area contributed by atoms with E-state index in [-0.39, 0.29) is 24.8 Å². The number of hydrogen-bond acceptors (Lipinski definition) is 7. The molecule has 2 aromatic rings. The summed E-state index contributed by atoms with van der Waals surface area (Å²) in [5.74, 6) is -1.50. The van der Waals surface area contributed by atoms with Crippen molar-refractivity contribution in [2.45, 2.75) is 12.8 Å². The molecule has 1 aliphatic heterocycles. The van der Waals surface area contributed by atoms with Gasteiger partial charge in [-0.25, -0.2) is 4.79 Å². The summed E-state index contributed by atoms with van der Waals surface area (Å²) >= 11 is 9.78. The molecule has 1 saturated heterocycles. The predicted molar refractivity (Wildman–Crippen MR) is 137 cm³/mol. The van der Waals surface area contributed by atoms with Crippen molar-refractivity contribution < 1.29 is 23.9 Å². The van der Waals surface area contributed by atoms with Crippen molar-refractivity contribution in [3.05, 3.63) is 74.6 Å². The number of rotatable bonds is 7. The summed E-state index contributed by atoms with van der Waals surface area (Å²) in [6, 6.07) is 13.5. The Morgan fingerprint density at radius 3 is 2.50 bits per heavy atom. The maximum atomic E-state index is 12.7. The van der Waals surface area contributed by atoms with Gasteiger partial charge in [-0.05, 0) is 58.3 Å². The van der Waals surface area contributed by atoms with E-state index < -0.39 is 11.9 Å². The van der Waals surface area contributed by atoms with Crippen LogP contribution >= 0.6 is 39.9 Å². The Morgan fingerprint density at radius 1 is 1.12 bits per heavy atom. The van der Waals surface area contributed by atoms with Crippen molar-refractivity contribution in [3.8, 4) is 0 Å².